The lowest BCUT2D eigenvalue weighted by molar-refractivity contribution is 0.0480. The van der Waals surface area contributed by atoms with Gasteiger partial charge >= 0.3 is 11.9 Å². The van der Waals surface area contributed by atoms with Crippen LogP contribution >= 0.6 is 0 Å². The molecule has 0 aromatic heterocycles. The maximum Gasteiger partial charge on any atom is 0.339 e. The van der Waals surface area contributed by atoms with E-state index in [0.717, 1.165) is 0 Å². The van der Waals surface area contributed by atoms with E-state index in [-0.39, 0.29) is 31.1 Å². The molecular weight excluding hydrogens is 428 g/mol. The van der Waals surface area contributed by atoms with Crippen molar-refractivity contribution in [2.24, 2.45) is 0 Å². The van der Waals surface area contributed by atoms with E-state index < -0.39 is 11.9 Å². The Morgan fingerprint density at radius 1 is 0.848 bits per heavy atom. The van der Waals surface area contributed by atoms with Gasteiger partial charge in [-0.2, -0.15) is 0 Å². The van der Waals surface area contributed by atoms with E-state index in [0.29, 0.717) is 44.9 Å². The molecule has 1 aliphatic rings. The molecular formula is C25H24O8. The van der Waals surface area contributed by atoms with Gasteiger partial charge < -0.3 is 28.4 Å². The standard InChI is InChI=1S/C25H24O8/c1-5-30-24(26)17-9-15-11-20-21(33-13-32-20)12-16(15)22(23(17)25(27)31-6-2)14-7-8-18(28-3)19(10-14)29-4/h7-12H,5-6,13H2,1-4H3. The van der Waals surface area contributed by atoms with Crippen LogP contribution in [0.4, 0.5) is 0 Å². The van der Waals surface area contributed by atoms with Crippen molar-refractivity contribution in [3.8, 4) is 34.1 Å². The van der Waals surface area contributed by atoms with Gasteiger partial charge in [-0.05, 0) is 60.5 Å². The number of hydrogen-bond donors (Lipinski definition) is 0. The summed E-state index contributed by atoms with van der Waals surface area (Å²) in [4.78, 5) is 26.1. The molecule has 0 aliphatic carbocycles. The van der Waals surface area contributed by atoms with E-state index >= 15 is 0 Å². The third kappa shape index (κ3) is 4.00. The summed E-state index contributed by atoms with van der Waals surface area (Å²) in [6.45, 7) is 3.80. The van der Waals surface area contributed by atoms with Crippen LogP contribution in [0, 0.1) is 0 Å². The summed E-state index contributed by atoms with van der Waals surface area (Å²) < 4.78 is 32.5. The van der Waals surface area contributed by atoms with Crippen LogP contribution in [-0.4, -0.2) is 46.2 Å². The summed E-state index contributed by atoms with van der Waals surface area (Å²) in [6.07, 6.45) is 0. The second-order valence-corrected chi connectivity index (χ2v) is 7.11. The number of carbonyl (C=O) groups excluding carboxylic acids is 2. The Morgan fingerprint density at radius 2 is 1.52 bits per heavy atom. The van der Waals surface area contributed by atoms with Gasteiger partial charge in [0, 0.05) is 5.56 Å². The molecule has 0 radical (unpaired) electrons. The largest absolute Gasteiger partial charge is 0.493 e. The van der Waals surface area contributed by atoms with Crippen LogP contribution in [0.2, 0.25) is 0 Å². The van der Waals surface area contributed by atoms with Gasteiger partial charge in [0.15, 0.2) is 23.0 Å². The molecule has 0 N–H and O–H groups in total. The fourth-order valence-electron chi connectivity index (χ4n) is 3.87. The Labute approximate surface area is 190 Å². The molecule has 0 atom stereocenters. The number of fused-ring (bicyclic) bond motifs is 2. The molecule has 8 heteroatoms. The van der Waals surface area contributed by atoms with Crippen molar-refractivity contribution in [3.63, 3.8) is 0 Å². The highest BCUT2D eigenvalue weighted by atomic mass is 16.7. The number of methoxy groups -OCH3 is 2. The fraction of sp³-hybridized carbons (Fsp3) is 0.280. The second kappa shape index (κ2) is 9.28. The lowest BCUT2D eigenvalue weighted by atomic mass is 9.89. The molecule has 0 saturated heterocycles. The number of benzene rings is 3. The van der Waals surface area contributed by atoms with Crippen LogP contribution in [0.15, 0.2) is 36.4 Å². The predicted molar refractivity (Wildman–Crippen MR) is 121 cm³/mol. The fourth-order valence-corrected chi connectivity index (χ4v) is 3.87. The average molecular weight is 452 g/mol. The molecule has 4 rings (SSSR count). The van der Waals surface area contributed by atoms with Crippen LogP contribution in [0.1, 0.15) is 34.6 Å². The van der Waals surface area contributed by atoms with E-state index in [1.165, 1.54) is 7.11 Å². The van der Waals surface area contributed by atoms with Gasteiger partial charge in [0.1, 0.15) is 0 Å². The first-order valence-electron chi connectivity index (χ1n) is 10.5. The van der Waals surface area contributed by atoms with Crippen LogP contribution in [0.3, 0.4) is 0 Å². The molecule has 33 heavy (non-hydrogen) atoms. The van der Waals surface area contributed by atoms with Crippen molar-refractivity contribution < 1.29 is 38.0 Å². The summed E-state index contributed by atoms with van der Waals surface area (Å²) in [5, 5.41) is 1.36. The van der Waals surface area contributed by atoms with E-state index in [2.05, 4.69) is 0 Å². The zero-order valence-electron chi connectivity index (χ0n) is 18.9. The minimum Gasteiger partial charge on any atom is -0.493 e. The molecule has 0 bridgehead atoms. The highest BCUT2D eigenvalue weighted by molar-refractivity contribution is 6.16. The van der Waals surface area contributed by atoms with Crippen molar-refractivity contribution in [2.75, 3.05) is 34.2 Å². The van der Waals surface area contributed by atoms with Crippen molar-refractivity contribution in [3.05, 3.63) is 47.5 Å². The van der Waals surface area contributed by atoms with E-state index in [9.17, 15) is 9.59 Å². The minimum absolute atomic E-state index is 0.0901. The zero-order chi connectivity index (χ0) is 23.5. The van der Waals surface area contributed by atoms with E-state index in [4.69, 9.17) is 28.4 Å². The van der Waals surface area contributed by atoms with Crippen LogP contribution in [0.5, 0.6) is 23.0 Å². The Kier molecular flexibility index (Phi) is 6.26. The first-order chi connectivity index (χ1) is 16.0. The lowest BCUT2D eigenvalue weighted by Gasteiger charge is -2.18. The summed E-state index contributed by atoms with van der Waals surface area (Å²) in [6, 6.07) is 10.5. The first kappa shape index (κ1) is 22.3. The maximum atomic E-state index is 13.2. The van der Waals surface area contributed by atoms with Gasteiger partial charge in [0.2, 0.25) is 6.79 Å². The number of carbonyl (C=O) groups is 2. The van der Waals surface area contributed by atoms with Gasteiger partial charge in [-0.3, -0.25) is 0 Å². The van der Waals surface area contributed by atoms with Gasteiger partial charge in [0.05, 0.1) is 38.6 Å². The number of esters is 2. The maximum absolute atomic E-state index is 13.2. The number of rotatable bonds is 7. The van der Waals surface area contributed by atoms with E-state index in [1.807, 2.05) is 0 Å². The molecule has 3 aromatic carbocycles. The van der Waals surface area contributed by atoms with Crippen LogP contribution < -0.4 is 18.9 Å². The summed E-state index contributed by atoms with van der Waals surface area (Å²) >= 11 is 0. The summed E-state index contributed by atoms with van der Waals surface area (Å²) in [5.74, 6) is 0.844. The Bertz CT molecular complexity index is 1230. The quantitative estimate of drug-likeness (QED) is 0.480. The summed E-state index contributed by atoms with van der Waals surface area (Å²) in [5.41, 5.74) is 1.33. The molecule has 0 saturated carbocycles. The molecule has 1 aliphatic heterocycles. The topological polar surface area (TPSA) is 89.5 Å². The highest BCUT2D eigenvalue weighted by Crippen LogP contribution is 2.44. The molecule has 0 fully saturated rings. The average Bonchev–Trinajstić information content (AvgIpc) is 3.28. The molecule has 0 unspecified atom stereocenters. The Balaban J connectivity index is 2.11. The Hall–Kier alpha value is -3.94. The van der Waals surface area contributed by atoms with Crippen molar-refractivity contribution in [1.29, 1.82) is 0 Å². The minimum atomic E-state index is -0.634. The number of ether oxygens (including phenoxy) is 6. The number of hydrogen-bond acceptors (Lipinski definition) is 8. The lowest BCUT2D eigenvalue weighted by Crippen LogP contribution is -2.16. The van der Waals surface area contributed by atoms with E-state index in [1.54, 1.807) is 57.4 Å². The Morgan fingerprint density at radius 3 is 2.18 bits per heavy atom. The van der Waals surface area contributed by atoms with Crippen molar-refractivity contribution >= 4 is 22.7 Å². The van der Waals surface area contributed by atoms with Gasteiger partial charge in [-0.25, -0.2) is 9.59 Å². The van der Waals surface area contributed by atoms with Gasteiger partial charge in [0.25, 0.3) is 0 Å². The highest BCUT2D eigenvalue weighted by Gasteiger charge is 2.28. The molecule has 3 aromatic rings. The SMILES string of the molecule is CCOC(=O)c1cc2cc3c(cc2c(-c2ccc(OC)c(OC)c2)c1C(=O)OCC)OCO3. The predicted octanol–water partition coefficient (Wildman–Crippen LogP) is 4.61. The normalized spacial score (nSPS) is 11.9. The first-order valence-corrected chi connectivity index (χ1v) is 10.5. The van der Waals surface area contributed by atoms with Crippen LogP contribution in [-0.2, 0) is 9.47 Å². The zero-order valence-corrected chi connectivity index (χ0v) is 18.9. The van der Waals surface area contributed by atoms with Crippen molar-refractivity contribution in [1.82, 2.24) is 0 Å². The molecule has 8 nitrogen and oxygen atoms in total. The third-order valence-corrected chi connectivity index (χ3v) is 5.28. The third-order valence-electron chi connectivity index (χ3n) is 5.28. The second-order valence-electron chi connectivity index (χ2n) is 7.11. The molecule has 0 spiro atoms. The molecule has 1 heterocycles. The van der Waals surface area contributed by atoms with Gasteiger partial charge in [-0.1, -0.05) is 6.07 Å². The molecule has 0 amide bonds. The van der Waals surface area contributed by atoms with Crippen molar-refractivity contribution in [2.45, 2.75) is 13.8 Å². The summed E-state index contributed by atoms with van der Waals surface area (Å²) in [7, 11) is 3.07. The molecule has 172 valence electrons. The smallest absolute Gasteiger partial charge is 0.339 e. The van der Waals surface area contributed by atoms with Gasteiger partial charge in [-0.15, -0.1) is 0 Å². The van der Waals surface area contributed by atoms with Crippen LogP contribution in [0.25, 0.3) is 21.9 Å². The monoisotopic (exact) mass is 452 g/mol.